The number of hydrogen-bond donors (Lipinski definition) is 4. The van der Waals surface area contributed by atoms with Gasteiger partial charge in [-0.25, -0.2) is 4.98 Å². The molecule has 1 amide bonds. The van der Waals surface area contributed by atoms with Crippen LogP contribution in [0.4, 0.5) is 5.82 Å². The lowest BCUT2D eigenvalue weighted by Crippen LogP contribution is -2.28. The molecule has 0 aliphatic carbocycles. The molecule has 3 heterocycles. The van der Waals surface area contributed by atoms with Crippen LogP contribution >= 0.6 is 0 Å². The first-order valence-electron chi connectivity index (χ1n) is 11.6. The standard InChI is InChI=1S/C26H29N5O4/c1-4-18-7-5-17(25(32)30-18)14-28-26(33)19-12-21(31-24(20(19)13-27)29-15(2)3)16-6-8-22-23(11-16)35-10-9-34-22/h5-8,11-13,15,27H,4,9-10,14H2,1-3H3,(H,28,33)(H,29,31)(H,30,32). The number of carbonyl (C=O) groups is 1. The molecule has 2 aromatic heterocycles. The van der Waals surface area contributed by atoms with E-state index in [-0.39, 0.29) is 23.7 Å². The van der Waals surface area contributed by atoms with Crippen molar-refractivity contribution in [3.63, 3.8) is 0 Å². The number of H-pyrrole nitrogens is 1. The molecule has 0 bridgehead atoms. The zero-order valence-electron chi connectivity index (χ0n) is 20.0. The second kappa shape index (κ2) is 10.4. The van der Waals surface area contributed by atoms with Gasteiger partial charge in [0.05, 0.1) is 11.3 Å². The molecule has 35 heavy (non-hydrogen) atoms. The van der Waals surface area contributed by atoms with Crippen molar-refractivity contribution < 1.29 is 14.3 Å². The Balaban J connectivity index is 1.70. The third-order valence-corrected chi connectivity index (χ3v) is 5.58. The lowest BCUT2D eigenvalue weighted by molar-refractivity contribution is 0.0950. The molecule has 4 rings (SSSR count). The average molecular weight is 476 g/mol. The molecule has 3 aromatic rings. The fourth-order valence-electron chi connectivity index (χ4n) is 3.78. The SMILES string of the molecule is CCc1ccc(CNC(=O)c2cc(-c3ccc4c(c3)OCCO4)nc(NC(C)C)c2C=N)c(=O)[nH]1. The molecule has 1 aromatic carbocycles. The highest BCUT2D eigenvalue weighted by Gasteiger charge is 2.20. The number of nitrogens with zero attached hydrogens (tertiary/aromatic N) is 1. The Kier molecular flexibility index (Phi) is 7.14. The number of nitrogens with one attached hydrogen (secondary N) is 4. The lowest BCUT2D eigenvalue weighted by atomic mass is 10.0. The summed E-state index contributed by atoms with van der Waals surface area (Å²) >= 11 is 0. The van der Waals surface area contributed by atoms with E-state index in [9.17, 15) is 9.59 Å². The predicted molar refractivity (Wildman–Crippen MR) is 135 cm³/mol. The summed E-state index contributed by atoms with van der Waals surface area (Å²) in [5.74, 6) is 1.30. The van der Waals surface area contributed by atoms with Crippen molar-refractivity contribution in [2.24, 2.45) is 0 Å². The summed E-state index contributed by atoms with van der Waals surface area (Å²) in [5, 5.41) is 14.0. The molecular formula is C26H29N5O4. The van der Waals surface area contributed by atoms with E-state index < -0.39 is 5.91 Å². The minimum atomic E-state index is -0.407. The second-order valence-electron chi connectivity index (χ2n) is 8.49. The Bertz CT molecular complexity index is 1320. The van der Waals surface area contributed by atoms with E-state index in [1.165, 1.54) is 0 Å². The topological polar surface area (TPSA) is 129 Å². The molecule has 0 radical (unpaired) electrons. The summed E-state index contributed by atoms with van der Waals surface area (Å²) < 4.78 is 11.3. The minimum Gasteiger partial charge on any atom is -0.486 e. The summed E-state index contributed by atoms with van der Waals surface area (Å²) in [5.41, 5.74) is 3.00. The Morgan fingerprint density at radius 1 is 1.17 bits per heavy atom. The van der Waals surface area contributed by atoms with Gasteiger partial charge in [0.1, 0.15) is 19.0 Å². The van der Waals surface area contributed by atoms with Crippen LogP contribution in [0.5, 0.6) is 11.5 Å². The number of carbonyl (C=O) groups excluding carboxylic acids is 1. The number of aromatic nitrogens is 2. The van der Waals surface area contributed by atoms with Crippen LogP contribution in [-0.4, -0.2) is 41.3 Å². The number of rotatable bonds is 8. The molecule has 1 aliphatic heterocycles. The number of benzene rings is 1. The van der Waals surface area contributed by atoms with Crippen LogP contribution < -0.4 is 25.7 Å². The Hall–Kier alpha value is -4.14. The van der Waals surface area contributed by atoms with Gasteiger partial charge in [-0.05, 0) is 50.6 Å². The monoisotopic (exact) mass is 475 g/mol. The Morgan fingerprint density at radius 3 is 2.63 bits per heavy atom. The largest absolute Gasteiger partial charge is 0.486 e. The van der Waals surface area contributed by atoms with Crippen LogP contribution in [0.2, 0.25) is 0 Å². The molecule has 9 heteroatoms. The van der Waals surface area contributed by atoms with E-state index in [0.717, 1.165) is 23.9 Å². The van der Waals surface area contributed by atoms with E-state index in [4.69, 9.17) is 19.9 Å². The van der Waals surface area contributed by atoms with Gasteiger partial charge in [0, 0.05) is 41.2 Å². The predicted octanol–water partition coefficient (Wildman–Crippen LogP) is 3.52. The number of pyridine rings is 2. The number of aromatic amines is 1. The maximum Gasteiger partial charge on any atom is 0.253 e. The van der Waals surface area contributed by atoms with E-state index in [1.807, 2.05) is 45.0 Å². The minimum absolute atomic E-state index is 0.0308. The molecule has 0 saturated heterocycles. The number of anilines is 1. The van der Waals surface area contributed by atoms with Gasteiger partial charge in [0.2, 0.25) is 0 Å². The summed E-state index contributed by atoms with van der Waals surface area (Å²) in [6.45, 7) is 6.88. The average Bonchev–Trinajstić information content (AvgIpc) is 2.86. The fourth-order valence-corrected chi connectivity index (χ4v) is 3.78. The highest BCUT2D eigenvalue weighted by atomic mass is 16.6. The highest BCUT2D eigenvalue weighted by molar-refractivity contribution is 6.05. The van der Waals surface area contributed by atoms with Gasteiger partial charge in [-0.3, -0.25) is 9.59 Å². The molecule has 182 valence electrons. The van der Waals surface area contributed by atoms with E-state index >= 15 is 0 Å². The second-order valence-corrected chi connectivity index (χ2v) is 8.49. The fraction of sp³-hybridized carbons (Fsp3) is 0.308. The normalized spacial score (nSPS) is 12.3. The maximum absolute atomic E-state index is 13.3. The molecule has 1 aliphatic rings. The van der Waals surface area contributed by atoms with Gasteiger partial charge in [-0.15, -0.1) is 0 Å². The summed E-state index contributed by atoms with van der Waals surface area (Å²) in [6, 6.07) is 10.7. The zero-order chi connectivity index (χ0) is 24.9. The third kappa shape index (κ3) is 5.34. The van der Waals surface area contributed by atoms with Gasteiger partial charge in [0.25, 0.3) is 11.5 Å². The molecule has 0 fully saturated rings. The summed E-state index contributed by atoms with van der Waals surface area (Å²) in [4.78, 5) is 33.1. The summed E-state index contributed by atoms with van der Waals surface area (Å²) in [7, 11) is 0. The van der Waals surface area contributed by atoms with E-state index in [2.05, 4.69) is 15.6 Å². The van der Waals surface area contributed by atoms with Crippen molar-refractivity contribution in [1.29, 1.82) is 5.41 Å². The van der Waals surface area contributed by atoms with E-state index in [0.29, 0.717) is 47.4 Å². The van der Waals surface area contributed by atoms with Crippen molar-refractivity contribution in [3.8, 4) is 22.8 Å². The van der Waals surface area contributed by atoms with Crippen molar-refractivity contribution >= 4 is 17.9 Å². The molecule has 0 atom stereocenters. The molecule has 0 spiro atoms. The number of aryl methyl sites for hydroxylation is 1. The summed E-state index contributed by atoms with van der Waals surface area (Å²) in [6.07, 6.45) is 1.83. The first-order valence-corrected chi connectivity index (χ1v) is 11.6. The van der Waals surface area contributed by atoms with Crippen molar-refractivity contribution in [2.45, 2.75) is 39.8 Å². The first kappa shape index (κ1) is 24.0. The van der Waals surface area contributed by atoms with Gasteiger partial charge in [0.15, 0.2) is 11.5 Å². The number of amides is 1. The molecular weight excluding hydrogens is 446 g/mol. The molecule has 0 unspecified atom stereocenters. The van der Waals surface area contributed by atoms with Crippen LogP contribution in [0.25, 0.3) is 11.3 Å². The quantitative estimate of drug-likeness (QED) is 0.369. The van der Waals surface area contributed by atoms with Crippen LogP contribution in [0.1, 0.15) is 48.0 Å². The van der Waals surface area contributed by atoms with Gasteiger partial charge in [-0.2, -0.15) is 0 Å². The van der Waals surface area contributed by atoms with Crippen LogP contribution in [0.15, 0.2) is 41.2 Å². The smallest absolute Gasteiger partial charge is 0.253 e. The number of hydrogen-bond acceptors (Lipinski definition) is 7. The van der Waals surface area contributed by atoms with E-state index in [1.54, 1.807) is 12.1 Å². The Morgan fingerprint density at radius 2 is 1.94 bits per heavy atom. The zero-order valence-corrected chi connectivity index (χ0v) is 20.0. The van der Waals surface area contributed by atoms with Gasteiger partial charge < -0.3 is 30.5 Å². The van der Waals surface area contributed by atoms with Gasteiger partial charge >= 0.3 is 0 Å². The molecule has 4 N–H and O–H groups in total. The van der Waals surface area contributed by atoms with Crippen LogP contribution in [0, 0.1) is 5.41 Å². The van der Waals surface area contributed by atoms with Crippen LogP contribution in [-0.2, 0) is 13.0 Å². The molecule has 9 nitrogen and oxygen atoms in total. The maximum atomic E-state index is 13.3. The number of ether oxygens (including phenoxy) is 2. The van der Waals surface area contributed by atoms with Crippen LogP contribution in [0.3, 0.4) is 0 Å². The highest BCUT2D eigenvalue weighted by Crippen LogP contribution is 2.35. The number of fused-ring (bicyclic) bond motifs is 1. The molecule has 0 saturated carbocycles. The van der Waals surface area contributed by atoms with Crippen molar-refractivity contribution in [3.05, 3.63) is 69.1 Å². The third-order valence-electron chi connectivity index (χ3n) is 5.58. The first-order chi connectivity index (χ1) is 16.9. The van der Waals surface area contributed by atoms with Crippen molar-refractivity contribution in [2.75, 3.05) is 18.5 Å². The van der Waals surface area contributed by atoms with Crippen molar-refractivity contribution in [1.82, 2.24) is 15.3 Å². The lowest BCUT2D eigenvalue weighted by Gasteiger charge is -2.20. The van der Waals surface area contributed by atoms with Gasteiger partial charge in [-0.1, -0.05) is 13.0 Å². The Labute approximate surface area is 203 Å².